The summed E-state index contributed by atoms with van der Waals surface area (Å²) in [5, 5.41) is 9.10. The van der Waals surface area contributed by atoms with Crippen molar-refractivity contribution in [2.75, 3.05) is 18.0 Å². The van der Waals surface area contributed by atoms with Crippen molar-refractivity contribution < 1.29 is 14.6 Å². The zero-order valence-electron chi connectivity index (χ0n) is 12.0. The second-order valence-corrected chi connectivity index (χ2v) is 5.76. The number of ether oxygens (including phenoxy) is 1. The Labute approximate surface area is 119 Å². The molecule has 0 radical (unpaired) electrons. The van der Waals surface area contributed by atoms with Gasteiger partial charge in [0.05, 0.1) is 0 Å². The number of benzene rings is 1. The molecule has 3 N–H and O–H groups in total. The molecule has 1 fully saturated rings. The fraction of sp³-hybridized carbons (Fsp3) is 0.533. The highest BCUT2D eigenvalue weighted by atomic mass is 16.5. The molecule has 1 saturated heterocycles. The molecule has 1 aliphatic heterocycles. The first kappa shape index (κ1) is 14.7. The van der Waals surface area contributed by atoms with E-state index in [-0.39, 0.29) is 6.04 Å². The molecule has 1 aliphatic rings. The molecule has 110 valence electrons. The van der Waals surface area contributed by atoms with Crippen LogP contribution in [0.15, 0.2) is 24.3 Å². The number of carboxylic acid groups (broad SMARTS) is 1. The minimum atomic E-state index is -1.24. The van der Waals surface area contributed by atoms with E-state index in [1.165, 1.54) is 0 Å². The standard InChI is InChI=1S/C15H22N2O3/c1-15(2,14(18)19)20-13-7-3-6-12(9-13)17-8-4-5-11(16)10-17/h3,6-7,9,11H,4-5,8,10,16H2,1-2H3,(H,18,19)/t11-/m0/s1. The summed E-state index contributed by atoms with van der Waals surface area (Å²) in [5.74, 6) is -0.419. The van der Waals surface area contributed by atoms with Gasteiger partial charge in [0.25, 0.3) is 0 Å². The summed E-state index contributed by atoms with van der Waals surface area (Å²) < 4.78 is 5.56. The van der Waals surface area contributed by atoms with Crippen molar-refractivity contribution in [3.05, 3.63) is 24.3 Å². The maximum Gasteiger partial charge on any atom is 0.347 e. The zero-order valence-corrected chi connectivity index (χ0v) is 12.0. The molecular weight excluding hydrogens is 256 g/mol. The van der Waals surface area contributed by atoms with Crippen LogP contribution >= 0.6 is 0 Å². The van der Waals surface area contributed by atoms with E-state index in [1.54, 1.807) is 19.9 Å². The minimum Gasteiger partial charge on any atom is -0.478 e. The number of nitrogens with zero attached hydrogens (tertiary/aromatic N) is 1. The van der Waals surface area contributed by atoms with Crippen LogP contribution in [0.5, 0.6) is 5.75 Å². The lowest BCUT2D eigenvalue weighted by Crippen LogP contribution is -2.42. The largest absolute Gasteiger partial charge is 0.478 e. The number of anilines is 1. The number of hydrogen-bond acceptors (Lipinski definition) is 4. The van der Waals surface area contributed by atoms with Gasteiger partial charge in [0.1, 0.15) is 5.75 Å². The van der Waals surface area contributed by atoms with Crippen LogP contribution in [0.3, 0.4) is 0 Å². The molecule has 0 spiro atoms. The van der Waals surface area contributed by atoms with Crippen LogP contribution in [0, 0.1) is 0 Å². The Hall–Kier alpha value is -1.75. The molecule has 0 aromatic heterocycles. The molecule has 1 atom stereocenters. The molecule has 0 amide bonds. The van der Waals surface area contributed by atoms with Crippen LogP contribution in [0.25, 0.3) is 0 Å². The van der Waals surface area contributed by atoms with Gasteiger partial charge in [0, 0.05) is 30.9 Å². The number of aliphatic carboxylic acids is 1. The smallest absolute Gasteiger partial charge is 0.347 e. The summed E-state index contributed by atoms with van der Waals surface area (Å²) in [6, 6.07) is 7.73. The van der Waals surface area contributed by atoms with Crippen molar-refractivity contribution in [3.8, 4) is 5.75 Å². The molecule has 2 rings (SSSR count). The minimum absolute atomic E-state index is 0.198. The van der Waals surface area contributed by atoms with Crippen LogP contribution in [0.4, 0.5) is 5.69 Å². The van der Waals surface area contributed by atoms with Crippen molar-refractivity contribution in [1.29, 1.82) is 0 Å². The zero-order chi connectivity index (χ0) is 14.8. The Morgan fingerprint density at radius 2 is 2.25 bits per heavy atom. The van der Waals surface area contributed by atoms with E-state index in [1.807, 2.05) is 18.2 Å². The van der Waals surface area contributed by atoms with E-state index in [9.17, 15) is 4.79 Å². The first-order chi connectivity index (χ1) is 9.38. The van der Waals surface area contributed by atoms with Crippen molar-refractivity contribution >= 4 is 11.7 Å². The van der Waals surface area contributed by atoms with Gasteiger partial charge in [-0.3, -0.25) is 0 Å². The van der Waals surface area contributed by atoms with Gasteiger partial charge in [-0.2, -0.15) is 0 Å². The number of carboxylic acids is 1. The maximum atomic E-state index is 11.1. The maximum absolute atomic E-state index is 11.1. The molecule has 0 bridgehead atoms. The molecule has 1 heterocycles. The fourth-order valence-corrected chi connectivity index (χ4v) is 2.33. The summed E-state index contributed by atoms with van der Waals surface area (Å²) in [6.07, 6.45) is 2.13. The Morgan fingerprint density at radius 1 is 1.50 bits per heavy atom. The Morgan fingerprint density at radius 3 is 2.90 bits per heavy atom. The lowest BCUT2D eigenvalue weighted by atomic mass is 10.1. The summed E-state index contributed by atoms with van der Waals surface area (Å²) in [7, 11) is 0. The average Bonchev–Trinajstić information content (AvgIpc) is 2.38. The van der Waals surface area contributed by atoms with Crippen LogP contribution in [-0.4, -0.2) is 35.8 Å². The molecule has 5 heteroatoms. The molecule has 0 aliphatic carbocycles. The van der Waals surface area contributed by atoms with Crippen LogP contribution in [0.1, 0.15) is 26.7 Å². The topological polar surface area (TPSA) is 75.8 Å². The second-order valence-electron chi connectivity index (χ2n) is 5.76. The number of carbonyl (C=O) groups is 1. The average molecular weight is 278 g/mol. The van der Waals surface area contributed by atoms with Crippen molar-refractivity contribution in [2.45, 2.75) is 38.3 Å². The Bertz CT molecular complexity index is 488. The van der Waals surface area contributed by atoms with E-state index in [0.717, 1.165) is 31.6 Å². The van der Waals surface area contributed by atoms with Crippen LogP contribution in [0.2, 0.25) is 0 Å². The molecule has 1 aromatic carbocycles. The lowest BCUT2D eigenvalue weighted by Gasteiger charge is -2.33. The molecule has 1 aromatic rings. The monoisotopic (exact) mass is 278 g/mol. The summed E-state index contributed by atoms with van der Waals surface area (Å²) in [5.41, 5.74) is 5.78. The Balaban J connectivity index is 2.13. The van der Waals surface area contributed by atoms with Gasteiger partial charge in [-0.15, -0.1) is 0 Å². The highest BCUT2D eigenvalue weighted by Crippen LogP contribution is 2.26. The predicted molar refractivity (Wildman–Crippen MR) is 78.2 cm³/mol. The van der Waals surface area contributed by atoms with E-state index in [0.29, 0.717) is 5.75 Å². The lowest BCUT2D eigenvalue weighted by molar-refractivity contribution is -0.152. The van der Waals surface area contributed by atoms with Gasteiger partial charge in [-0.05, 0) is 38.8 Å². The third kappa shape index (κ3) is 3.42. The van der Waals surface area contributed by atoms with Crippen LogP contribution < -0.4 is 15.4 Å². The molecule has 20 heavy (non-hydrogen) atoms. The van der Waals surface area contributed by atoms with E-state index in [2.05, 4.69) is 4.90 Å². The number of piperidine rings is 1. The first-order valence-corrected chi connectivity index (χ1v) is 6.91. The highest BCUT2D eigenvalue weighted by molar-refractivity contribution is 5.76. The highest BCUT2D eigenvalue weighted by Gasteiger charge is 2.29. The van der Waals surface area contributed by atoms with E-state index < -0.39 is 11.6 Å². The van der Waals surface area contributed by atoms with Crippen molar-refractivity contribution in [1.82, 2.24) is 0 Å². The Kier molecular flexibility index (Phi) is 4.18. The first-order valence-electron chi connectivity index (χ1n) is 6.91. The SMILES string of the molecule is CC(C)(Oc1cccc(N2CCC[C@H](N)C2)c1)C(=O)O. The van der Waals surface area contributed by atoms with Gasteiger partial charge < -0.3 is 20.5 Å². The molecule has 0 unspecified atom stereocenters. The molecule has 0 saturated carbocycles. The van der Waals surface area contributed by atoms with Gasteiger partial charge in [0.2, 0.25) is 0 Å². The quantitative estimate of drug-likeness (QED) is 0.879. The van der Waals surface area contributed by atoms with E-state index >= 15 is 0 Å². The van der Waals surface area contributed by atoms with Gasteiger partial charge in [-0.25, -0.2) is 4.79 Å². The molecule has 5 nitrogen and oxygen atoms in total. The van der Waals surface area contributed by atoms with Gasteiger partial charge >= 0.3 is 5.97 Å². The van der Waals surface area contributed by atoms with Crippen molar-refractivity contribution in [3.63, 3.8) is 0 Å². The van der Waals surface area contributed by atoms with Crippen molar-refractivity contribution in [2.24, 2.45) is 5.73 Å². The van der Waals surface area contributed by atoms with E-state index in [4.69, 9.17) is 15.6 Å². The number of rotatable bonds is 4. The normalized spacial score (nSPS) is 19.8. The summed E-state index contributed by atoms with van der Waals surface area (Å²) in [4.78, 5) is 13.3. The van der Waals surface area contributed by atoms with Gasteiger partial charge in [-0.1, -0.05) is 6.07 Å². The third-order valence-corrected chi connectivity index (χ3v) is 3.53. The second kappa shape index (κ2) is 5.71. The number of nitrogens with two attached hydrogens (primary N) is 1. The molecular formula is C15H22N2O3. The summed E-state index contributed by atoms with van der Waals surface area (Å²) in [6.45, 7) is 4.88. The van der Waals surface area contributed by atoms with Gasteiger partial charge in [0.15, 0.2) is 5.60 Å². The van der Waals surface area contributed by atoms with Crippen LogP contribution in [-0.2, 0) is 4.79 Å². The fourth-order valence-electron chi connectivity index (χ4n) is 2.33. The summed E-state index contributed by atoms with van der Waals surface area (Å²) >= 11 is 0. The predicted octanol–water partition coefficient (Wildman–Crippen LogP) is 1.86. The number of hydrogen-bond donors (Lipinski definition) is 2. The third-order valence-electron chi connectivity index (χ3n) is 3.53.